The average molecular weight is 445 g/mol. The van der Waals surface area contributed by atoms with Crippen molar-refractivity contribution in [3.8, 4) is 0 Å². The number of hydrogen-bond donors (Lipinski definition) is 2. The number of hydrogen-bond acceptors (Lipinski definition) is 2. The van der Waals surface area contributed by atoms with E-state index in [-0.39, 0.29) is 17.7 Å². The fraction of sp³-hybridized carbons (Fsp3) is 0.381. The van der Waals surface area contributed by atoms with Crippen LogP contribution in [0, 0.1) is 0 Å². The first kappa shape index (κ1) is 22.9. The highest BCUT2D eigenvalue weighted by molar-refractivity contribution is 5.74. The van der Waals surface area contributed by atoms with E-state index in [2.05, 4.69) is 15.5 Å². The molecule has 3 rings (SSSR count). The van der Waals surface area contributed by atoms with Gasteiger partial charge in [-0.15, -0.1) is 0 Å². The SMILES string of the molecule is O=C(NCc1cc(C(F)(F)F)cc(C(F)(F)F)c1)NC1CCN(Cc2ccccc2)C1. The maximum absolute atomic E-state index is 12.9. The normalized spacial score (nSPS) is 17.5. The Hall–Kier alpha value is -2.75. The van der Waals surface area contributed by atoms with Crippen molar-refractivity contribution in [2.24, 2.45) is 0 Å². The first-order valence-electron chi connectivity index (χ1n) is 9.60. The molecule has 168 valence electrons. The molecule has 0 bridgehead atoms. The molecule has 31 heavy (non-hydrogen) atoms. The summed E-state index contributed by atoms with van der Waals surface area (Å²) in [5, 5.41) is 5.06. The number of likely N-dealkylation sites (tertiary alicyclic amines) is 1. The van der Waals surface area contributed by atoms with E-state index < -0.39 is 36.1 Å². The number of amides is 2. The summed E-state index contributed by atoms with van der Waals surface area (Å²) >= 11 is 0. The molecule has 0 radical (unpaired) electrons. The predicted molar refractivity (Wildman–Crippen MR) is 102 cm³/mol. The average Bonchev–Trinajstić information content (AvgIpc) is 3.12. The van der Waals surface area contributed by atoms with Crippen LogP contribution in [0.2, 0.25) is 0 Å². The fourth-order valence-corrected chi connectivity index (χ4v) is 3.48. The molecule has 2 amide bonds. The molecule has 0 saturated carbocycles. The number of carbonyl (C=O) groups is 1. The van der Waals surface area contributed by atoms with E-state index in [1.54, 1.807) is 0 Å². The van der Waals surface area contributed by atoms with Gasteiger partial charge in [0.05, 0.1) is 11.1 Å². The summed E-state index contributed by atoms with van der Waals surface area (Å²) < 4.78 is 77.6. The second-order valence-corrected chi connectivity index (χ2v) is 7.45. The summed E-state index contributed by atoms with van der Waals surface area (Å²) in [6.45, 7) is 1.64. The van der Waals surface area contributed by atoms with Gasteiger partial charge >= 0.3 is 18.4 Å². The topological polar surface area (TPSA) is 44.4 Å². The summed E-state index contributed by atoms with van der Waals surface area (Å²) in [5.74, 6) is 0. The van der Waals surface area contributed by atoms with Crippen LogP contribution in [0.1, 0.15) is 28.7 Å². The zero-order chi connectivity index (χ0) is 22.6. The molecule has 1 atom stereocenters. The van der Waals surface area contributed by atoms with Crippen LogP contribution in [-0.2, 0) is 25.4 Å². The number of halogens is 6. The molecular formula is C21H21F6N3O. The van der Waals surface area contributed by atoms with Crippen molar-refractivity contribution in [2.45, 2.75) is 37.9 Å². The van der Waals surface area contributed by atoms with Crippen LogP contribution in [0.3, 0.4) is 0 Å². The van der Waals surface area contributed by atoms with E-state index in [0.717, 1.165) is 18.7 Å². The molecule has 2 aromatic carbocycles. The quantitative estimate of drug-likeness (QED) is 0.650. The summed E-state index contributed by atoms with van der Waals surface area (Å²) in [6, 6.07) is 10.3. The largest absolute Gasteiger partial charge is 0.416 e. The van der Waals surface area contributed by atoms with Crippen LogP contribution in [0.25, 0.3) is 0 Å². The second kappa shape index (κ2) is 9.17. The number of rotatable bonds is 5. The van der Waals surface area contributed by atoms with Crippen LogP contribution in [0.15, 0.2) is 48.5 Å². The molecule has 4 nitrogen and oxygen atoms in total. The molecule has 10 heteroatoms. The van der Waals surface area contributed by atoms with E-state index in [1.807, 2.05) is 30.3 Å². The van der Waals surface area contributed by atoms with Gasteiger partial charge < -0.3 is 10.6 Å². The minimum atomic E-state index is -4.93. The number of nitrogens with one attached hydrogen (secondary N) is 2. The highest BCUT2D eigenvalue weighted by Crippen LogP contribution is 2.36. The smallest absolute Gasteiger partial charge is 0.334 e. The van der Waals surface area contributed by atoms with Gasteiger partial charge in [0.15, 0.2) is 0 Å². The number of alkyl halides is 6. The molecule has 1 unspecified atom stereocenters. The van der Waals surface area contributed by atoms with Crippen molar-refractivity contribution in [3.63, 3.8) is 0 Å². The van der Waals surface area contributed by atoms with Crippen molar-refractivity contribution in [1.29, 1.82) is 0 Å². The monoisotopic (exact) mass is 445 g/mol. The van der Waals surface area contributed by atoms with Gasteiger partial charge in [-0.25, -0.2) is 4.79 Å². The van der Waals surface area contributed by atoms with Gasteiger partial charge in [-0.2, -0.15) is 26.3 Å². The highest BCUT2D eigenvalue weighted by Gasteiger charge is 2.36. The van der Waals surface area contributed by atoms with E-state index in [1.165, 1.54) is 0 Å². The minimum Gasteiger partial charge on any atom is -0.334 e. The molecule has 1 aliphatic heterocycles. The highest BCUT2D eigenvalue weighted by atomic mass is 19.4. The summed E-state index contributed by atoms with van der Waals surface area (Å²) in [5.41, 5.74) is -1.97. The lowest BCUT2D eigenvalue weighted by Crippen LogP contribution is -2.43. The third kappa shape index (κ3) is 6.61. The molecule has 1 saturated heterocycles. The number of carbonyl (C=O) groups excluding carboxylic acids is 1. The zero-order valence-electron chi connectivity index (χ0n) is 16.4. The Balaban J connectivity index is 1.55. The van der Waals surface area contributed by atoms with Crippen molar-refractivity contribution < 1.29 is 31.1 Å². The minimum absolute atomic E-state index is 0.0590. The van der Waals surface area contributed by atoms with E-state index >= 15 is 0 Å². The van der Waals surface area contributed by atoms with Crippen molar-refractivity contribution in [1.82, 2.24) is 15.5 Å². The Bertz CT molecular complexity index is 866. The number of nitrogens with zero attached hydrogens (tertiary/aromatic N) is 1. The van der Waals surface area contributed by atoms with Crippen LogP contribution in [0.4, 0.5) is 31.1 Å². The van der Waals surface area contributed by atoms with Gasteiger partial charge in [-0.05, 0) is 35.7 Å². The lowest BCUT2D eigenvalue weighted by atomic mass is 10.0. The Morgan fingerprint density at radius 1 is 0.935 bits per heavy atom. The molecule has 1 heterocycles. The Kier molecular flexibility index (Phi) is 6.78. The Morgan fingerprint density at radius 3 is 2.13 bits per heavy atom. The molecule has 2 aromatic rings. The third-order valence-electron chi connectivity index (χ3n) is 4.96. The zero-order valence-corrected chi connectivity index (χ0v) is 16.4. The van der Waals surface area contributed by atoms with Gasteiger partial charge in [0.2, 0.25) is 0 Å². The van der Waals surface area contributed by atoms with Gasteiger partial charge in [-0.3, -0.25) is 4.90 Å². The Labute approximate surface area is 175 Å². The number of urea groups is 1. The van der Waals surface area contributed by atoms with Gasteiger partial charge in [0, 0.05) is 32.2 Å². The second-order valence-electron chi connectivity index (χ2n) is 7.45. The lowest BCUT2D eigenvalue weighted by molar-refractivity contribution is -0.143. The van der Waals surface area contributed by atoms with E-state index in [4.69, 9.17) is 0 Å². The van der Waals surface area contributed by atoms with Crippen LogP contribution in [0.5, 0.6) is 0 Å². The van der Waals surface area contributed by atoms with Crippen molar-refractivity contribution in [2.75, 3.05) is 13.1 Å². The van der Waals surface area contributed by atoms with Crippen LogP contribution < -0.4 is 10.6 Å². The van der Waals surface area contributed by atoms with Crippen molar-refractivity contribution in [3.05, 3.63) is 70.8 Å². The first-order chi connectivity index (χ1) is 14.5. The summed E-state index contributed by atoms with van der Waals surface area (Å²) in [7, 11) is 0. The maximum Gasteiger partial charge on any atom is 0.416 e. The lowest BCUT2D eigenvalue weighted by Gasteiger charge is -2.17. The molecule has 1 aliphatic rings. The van der Waals surface area contributed by atoms with Gasteiger partial charge in [0.25, 0.3) is 0 Å². The Morgan fingerprint density at radius 2 is 1.55 bits per heavy atom. The van der Waals surface area contributed by atoms with Gasteiger partial charge in [-0.1, -0.05) is 30.3 Å². The van der Waals surface area contributed by atoms with Crippen LogP contribution >= 0.6 is 0 Å². The summed E-state index contributed by atoms with van der Waals surface area (Å²) in [4.78, 5) is 14.3. The molecule has 0 spiro atoms. The molecular weight excluding hydrogens is 424 g/mol. The molecule has 0 aliphatic carbocycles. The molecule has 1 fully saturated rings. The van der Waals surface area contributed by atoms with E-state index in [0.29, 0.717) is 25.1 Å². The van der Waals surface area contributed by atoms with Gasteiger partial charge in [0.1, 0.15) is 0 Å². The van der Waals surface area contributed by atoms with E-state index in [9.17, 15) is 31.1 Å². The summed E-state index contributed by atoms with van der Waals surface area (Å²) in [6.07, 6.45) is -9.16. The third-order valence-corrected chi connectivity index (χ3v) is 4.96. The fourth-order valence-electron chi connectivity index (χ4n) is 3.48. The molecule has 0 aromatic heterocycles. The standard InChI is InChI=1S/C21H21F6N3O/c22-20(23,24)16-8-15(9-17(10-16)21(25,26)27)11-28-19(31)29-18-6-7-30(13-18)12-14-4-2-1-3-5-14/h1-5,8-10,18H,6-7,11-13H2,(H2,28,29,31). The molecule has 2 N–H and O–H groups in total. The number of benzene rings is 2. The predicted octanol–water partition coefficient (Wildman–Crippen LogP) is 4.80. The van der Waals surface area contributed by atoms with Crippen LogP contribution in [-0.4, -0.2) is 30.1 Å². The van der Waals surface area contributed by atoms with Crippen molar-refractivity contribution >= 4 is 6.03 Å². The first-order valence-corrected chi connectivity index (χ1v) is 9.60. The maximum atomic E-state index is 12.9.